The van der Waals surface area contributed by atoms with Gasteiger partial charge in [-0.1, -0.05) is 27.2 Å². The van der Waals surface area contributed by atoms with Crippen LogP contribution in [0, 0.1) is 17.3 Å². The van der Waals surface area contributed by atoms with E-state index in [9.17, 15) is 8.42 Å². The maximum atomic E-state index is 11.9. The topological polar surface area (TPSA) is 60.2 Å². The fourth-order valence-corrected chi connectivity index (χ4v) is 5.66. The second-order valence-corrected chi connectivity index (χ2v) is 11.0. The minimum Gasteiger partial charge on any atom is -0.325 e. The minimum absolute atomic E-state index is 0.120. The van der Waals surface area contributed by atoms with E-state index in [2.05, 4.69) is 20.8 Å². The van der Waals surface area contributed by atoms with E-state index in [-0.39, 0.29) is 10.8 Å². The lowest BCUT2D eigenvalue weighted by Gasteiger charge is -2.48. The predicted molar refractivity (Wildman–Crippen MR) is 88.9 cm³/mol. The lowest BCUT2D eigenvalue weighted by atomic mass is 9.62. The van der Waals surface area contributed by atoms with E-state index in [4.69, 9.17) is 5.73 Å². The lowest BCUT2D eigenvalue weighted by Crippen LogP contribution is -2.53. The zero-order valence-electron chi connectivity index (χ0n) is 14.2. The SMILES string of the molecule is CC(C)(C)C1CCC(N)(C2CCCC(S(C)(=O)=O)C2)CC1. The van der Waals surface area contributed by atoms with Gasteiger partial charge in [0.2, 0.25) is 0 Å². The molecule has 0 aliphatic heterocycles. The van der Waals surface area contributed by atoms with E-state index in [0.29, 0.717) is 11.3 Å². The van der Waals surface area contributed by atoms with Crippen molar-refractivity contribution < 1.29 is 8.42 Å². The summed E-state index contributed by atoms with van der Waals surface area (Å²) < 4.78 is 23.7. The lowest BCUT2D eigenvalue weighted by molar-refractivity contribution is 0.0864. The van der Waals surface area contributed by atoms with Crippen molar-refractivity contribution in [1.82, 2.24) is 0 Å². The zero-order chi connectivity index (χ0) is 15.9. The summed E-state index contributed by atoms with van der Waals surface area (Å²) in [6.45, 7) is 6.96. The molecule has 0 amide bonds. The molecule has 2 atom stereocenters. The molecule has 0 aromatic rings. The van der Waals surface area contributed by atoms with Gasteiger partial charge in [-0.15, -0.1) is 0 Å². The number of sulfone groups is 1. The van der Waals surface area contributed by atoms with Crippen molar-refractivity contribution in [2.24, 2.45) is 23.0 Å². The molecule has 21 heavy (non-hydrogen) atoms. The second-order valence-electron chi connectivity index (χ2n) is 8.69. The van der Waals surface area contributed by atoms with Gasteiger partial charge >= 0.3 is 0 Å². The highest BCUT2D eigenvalue weighted by Gasteiger charge is 2.43. The molecule has 0 aromatic heterocycles. The van der Waals surface area contributed by atoms with Crippen molar-refractivity contribution in [3.05, 3.63) is 0 Å². The molecule has 0 aromatic carbocycles. The van der Waals surface area contributed by atoms with E-state index in [0.717, 1.165) is 44.4 Å². The molecule has 2 unspecified atom stereocenters. The molecule has 2 N–H and O–H groups in total. The van der Waals surface area contributed by atoms with Gasteiger partial charge in [0, 0.05) is 11.8 Å². The van der Waals surface area contributed by atoms with Crippen molar-refractivity contribution in [1.29, 1.82) is 0 Å². The van der Waals surface area contributed by atoms with Crippen LogP contribution < -0.4 is 5.73 Å². The van der Waals surface area contributed by atoms with Crippen LogP contribution in [0.5, 0.6) is 0 Å². The molecule has 0 radical (unpaired) electrons. The van der Waals surface area contributed by atoms with Crippen LogP contribution in [0.4, 0.5) is 0 Å². The Hall–Kier alpha value is -0.0900. The molecule has 2 rings (SSSR count). The van der Waals surface area contributed by atoms with Crippen LogP contribution in [0.15, 0.2) is 0 Å². The highest BCUT2D eigenvalue weighted by molar-refractivity contribution is 7.91. The van der Waals surface area contributed by atoms with Crippen LogP contribution in [0.3, 0.4) is 0 Å². The first-order valence-electron chi connectivity index (χ1n) is 8.50. The van der Waals surface area contributed by atoms with Gasteiger partial charge in [0.15, 0.2) is 0 Å². The first-order chi connectivity index (χ1) is 9.52. The maximum absolute atomic E-state index is 11.9. The van der Waals surface area contributed by atoms with Crippen LogP contribution >= 0.6 is 0 Å². The summed E-state index contributed by atoms with van der Waals surface area (Å²) >= 11 is 0. The monoisotopic (exact) mass is 315 g/mol. The quantitative estimate of drug-likeness (QED) is 0.848. The molecular formula is C17H33NO2S. The van der Waals surface area contributed by atoms with Gasteiger partial charge in [-0.3, -0.25) is 0 Å². The normalized spacial score (nSPS) is 39.2. The summed E-state index contributed by atoms with van der Waals surface area (Å²) in [7, 11) is -2.91. The molecule has 124 valence electrons. The Morgan fingerprint density at radius 3 is 2.10 bits per heavy atom. The van der Waals surface area contributed by atoms with Gasteiger partial charge in [0.25, 0.3) is 0 Å². The highest BCUT2D eigenvalue weighted by Crippen LogP contribution is 2.46. The molecule has 2 fully saturated rings. The predicted octanol–water partition coefficient (Wildman–Crippen LogP) is 3.52. The molecule has 3 nitrogen and oxygen atoms in total. The smallest absolute Gasteiger partial charge is 0.150 e. The van der Waals surface area contributed by atoms with E-state index < -0.39 is 9.84 Å². The Labute approximate surface area is 131 Å². The number of hydrogen-bond donors (Lipinski definition) is 1. The summed E-state index contributed by atoms with van der Waals surface area (Å²) in [4.78, 5) is 0. The van der Waals surface area contributed by atoms with Gasteiger partial charge in [0.1, 0.15) is 9.84 Å². The van der Waals surface area contributed by atoms with E-state index in [1.807, 2.05) is 0 Å². The van der Waals surface area contributed by atoms with Gasteiger partial charge in [-0.05, 0) is 62.2 Å². The molecule has 2 saturated carbocycles. The largest absolute Gasteiger partial charge is 0.325 e. The average molecular weight is 316 g/mol. The van der Waals surface area contributed by atoms with Crippen LogP contribution in [0.1, 0.15) is 72.1 Å². The summed E-state index contributed by atoms with van der Waals surface area (Å²) in [5.41, 5.74) is 6.99. The maximum Gasteiger partial charge on any atom is 0.150 e. The first-order valence-corrected chi connectivity index (χ1v) is 10.5. The Bertz CT molecular complexity index is 456. The minimum atomic E-state index is -2.91. The summed E-state index contributed by atoms with van der Waals surface area (Å²) in [6.07, 6.45) is 9.66. The first kappa shape index (κ1) is 17.3. The molecule has 0 saturated heterocycles. The van der Waals surface area contributed by atoms with Crippen LogP contribution in [-0.2, 0) is 9.84 Å². The fraction of sp³-hybridized carbons (Fsp3) is 1.00. The van der Waals surface area contributed by atoms with Gasteiger partial charge in [-0.25, -0.2) is 8.42 Å². The zero-order valence-corrected chi connectivity index (χ0v) is 15.0. The Morgan fingerprint density at radius 2 is 1.62 bits per heavy atom. The number of nitrogens with two attached hydrogens (primary N) is 1. The third-order valence-corrected chi connectivity index (χ3v) is 7.83. The molecule has 0 bridgehead atoms. The molecule has 2 aliphatic rings. The third-order valence-electron chi connectivity index (χ3n) is 6.19. The van der Waals surface area contributed by atoms with Crippen LogP contribution in [-0.4, -0.2) is 25.5 Å². The van der Waals surface area contributed by atoms with E-state index in [1.165, 1.54) is 19.1 Å². The number of hydrogen-bond acceptors (Lipinski definition) is 3. The third kappa shape index (κ3) is 4.01. The molecular weight excluding hydrogens is 282 g/mol. The molecule has 2 aliphatic carbocycles. The van der Waals surface area contributed by atoms with Gasteiger partial charge < -0.3 is 5.73 Å². The second kappa shape index (κ2) is 5.84. The summed E-state index contributed by atoms with van der Waals surface area (Å²) in [6, 6.07) is 0. The summed E-state index contributed by atoms with van der Waals surface area (Å²) in [5, 5.41) is -0.156. The van der Waals surface area contributed by atoms with E-state index >= 15 is 0 Å². The summed E-state index contributed by atoms with van der Waals surface area (Å²) in [5.74, 6) is 1.15. The van der Waals surface area contributed by atoms with Gasteiger partial charge in [-0.2, -0.15) is 0 Å². The van der Waals surface area contributed by atoms with Crippen molar-refractivity contribution in [3.8, 4) is 0 Å². The van der Waals surface area contributed by atoms with Crippen molar-refractivity contribution >= 4 is 9.84 Å². The molecule has 0 heterocycles. The van der Waals surface area contributed by atoms with Crippen LogP contribution in [0.25, 0.3) is 0 Å². The number of rotatable bonds is 2. The Kier molecular flexibility index (Phi) is 4.80. The van der Waals surface area contributed by atoms with Crippen molar-refractivity contribution in [2.75, 3.05) is 6.26 Å². The van der Waals surface area contributed by atoms with E-state index in [1.54, 1.807) is 0 Å². The van der Waals surface area contributed by atoms with Crippen molar-refractivity contribution in [3.63, 3.8) is 0 Å². The van der Waals surface area contributed by atoms with Crippen molar-refractivity contribution in [2.45, 2.75) is 82.9 Å². The standard InChI is InChI=1S/C17H33NO2S/c1-16(2,3)13-8-10-17(18,11-9-13)14-6-5-7-15(12-14)21(4,19)20/h13-15H,5-12,18H2,1-4H3. The van der Waals surface area contributed by atoms with Crippen LogP contribution in [0.2, 0.25) is 0 Å². The highest BCUT2D eigenvalue weighted by atomic mass is 32.2. The van der Waals surface area contributed by atoms with Gasteiger partial charge in [0.05, 0.1) is 5.25 Å². The average Bonchev–Trinajstić information content (AvgIpc) is 2.37. The molecule has 4 heteroatoms. The fourth-order valence-electron chi connectivity index (χ4n) is 4.49. The molecule has 0 spiro atoms. The Morgan fingerprint density at radius 1 is 1.05 bits per heavy atom. The Balaban J connectivity index is 2.02.